The molecule has 7 nitrogen and oxygen atoms in total. The lowest BCUT2D eigenvalue weighted by atomic mass is 10.1. The minimum atomic E-state index is -0.238. The summed E-state index contributed by atoms with van der Waals surface area (Å²) in [6.45, 7) is 0. The van der Waals surface area contributed by atoms with Crippen LogP contribution in [-0.2, 0) is 11.2 Å². The van der Waals surface area contributed by atoms with Crippen molar-refractivity contribution in [2.45, 2.75) is 18.9 Å². The van der Waals surface area contributed by atoms with E-state index < -0.39 is 0 Å². The minimum absolute atomic E-state index is 0.161. The third-order valence-corrected chi connectivity index (χ3v) is 5.53. The number of pyridine rings is 1. The van der Waals surface area contributed by atoms with E-state index in [0.717, 1.165) is 23.5 Å². The van der Waals surface area contributed by atoms with Gasteiger partial charge in [-0.1, -0.05) is 6.07 Å². The lowest BCUT2D eigenvalue weighted by Gasteiger charge is -2.17. The van der Waals surface area contributed by atoms with Crippen LogP contribution in [0.2, 0.25) is 0 Å². The molecular weight excluding hydrogens is 378 g/mol. The van der Waals surface area contributed by atoms with E-state index in [-0.39, 0.29) is 24.3 Å². The minimum Gasteiger partial charge on any atom is -0.493 e. The Morgan fingerprint density at radius 1 is 1.29 bits per heavy atom. The highest BCUT2D eigenvalue weighted by Crippen LogP contribution is 2.37. The summed E-state index contributed by atoms with van der Waals surface area (Å²) in [5.41, 5.74) is 1.59. The highest BCUT2D eigenvalue weighted by Gasteiger charge is 2.22. The maximum atomic E-state index is 12.7. The second kappa shape index (κ2) is 9.45. The lowest BCUT2D eigenvalue weighted by molar-refractivity contribution is -0.115. The molecule has 1 aromatic heterocycles. The van der Waals surface area contributed by atoms with Crippen molar-refractivity contribution in [1.29, 1.82) is 0 Å². The van der Waals surface area contributed by atoms with Gasteiger partial charge in [-0.3, -0.25) is 14.6 Å². The van der Waals surface area contributed by atoms with Crippen molar-refractivity contribution in [2.75, 3.05) is 31.0 Å². The van der Waals surface area contributed by atoms with E-state index in [1.165, 1.54) is 14.2 Å². The van der Waals surface area contributed by atoms with Crippen LogP contribution in [0.15, 0.2) is 36.7 Å². The first-order valence-electron chi connectivity index (χ1n) is 8.94. The number of hydrogen-bond donors (Lipinski definition) is 2. The SMILES string of the molecule is COc1cc(C(=O)NC2CCSC2)cc(NC(=O)Cc2cccnc2)c1OC. The Morgan fingerprint density at radius 3 is 2.79 bits per heavy atom. The average molecular weight is 401 g/mol. The molecule has 0 spiro atoms. The van der Waals surface area contributed by atoms with E-state index in [2.05, 4.69) is 15.6 Å². The zero-order valence-corrected chi connectivity index (χ0v) is 16.7. The summed E-state index contributed by atoms with van der Waals surface area (Å²) in [4.78, 5) is 29.1. The summed E-state index contributed by atoms with van der Waals surface area (Å²) in [5.74, 6) is 2.28. The number of thioether (sulfide) groups is 1. The van der Waals surface area contributed by atoms with Gasteiger partial charge in [0.05, 0.1) is 26.3 Å². The van der Waals surface area contributed by atoms with Crippen LogP contribution in [-0.4, -0.2) is 48.6 Å². The molecule has 0 aliphatic carbocycles. The molecule has 2 aromatic rings. The van der Waals surface area contributed by atoms with Gasteiger partial charge >= 0.3 is 0 Å². The van der Waals surface area contributed by atoms with Crippen molar-refractivity contribution in [3.63, 3.8) is 0 Å². The Balaban J connectivity index is 1.81. The highest BCUT2D eigenvalue weighted by molar-refractivity contribution is 7.99. The van der Waals surface area contributed by atoms with E-state index in [9.17, 15) is 9.59 Å². The van der Waals surface area contributed by atoms with Crippen molar-refractivity contribution in [1.82, 2.24) is 10.3 Å². The third-order valence-electron chi connectivity index (χ3n) is 4.37. The largest absolute Gasteiger partial charge is 0.493 e. The molecule has 8 heteroatoms. The van der Waals surface area contributed by atoms with Gasteiger partial charge in [-0.2, -0.15) is 11.8 Å². The fraction of sp³-hybridized carbons (Fsp3) is 0.350. The van der Waals surface area contributed by atoms with Crippen molar-refractivity contribution in [3.8, 4) is 11.5 Å². The molecular formula is C20H23N3O4S. The van der Waals surface area contributed by atoms with Crippen LogP contribution in [0.4, 0.5) is 5.69 Å². The second-order valence-corrected chi connectivity index (χ2v) is 7.53. The zero-order valence-electron chi connectivity index (χ0n) is 15.9. The van der Waals surface area contributed by atoms with Crippen molar-refractivity contribution < 1.29 is 19.1 Å². The van der Waals surface area contributed by atoms with E-state index in [1.54, 1.807) is 30.6 Å². The number of aromatic nitrogens is 1. The van der Waals surface area contributed by atoms with Gasteiger partial charge in [0.1, 0.15) is 0 Å². The van der Waals surface area contributed by atoms with E-state index in [0.29, 0.717) is 22.7 Å². The second-order valence-electron chi connectivity index (χ2n) is 6.38. The summed E-state index contributed by atoms with van der Waals surface area (Å²) in [7, 11) is 2.98. The molecule has 1 atom stereocenters. The van der Waals surface area contributed by atoms with Gasteiger partial charge in [0.2, 0.25) is 5.91 Å². The molecule has 3 rings (SSSR count). The number of rotatable bonds is 7. The fourth-order valence-corrected chi connectivity index (χ4v) is 4.14. The Morgan fingerprint density at radius 2 is 2.14 bits per heavy atom. The monoisotopic (exact) mass is 401 g/mol. The molecule has 2 heterocycles. The Bertz CT molecular complexity index is 839. The molecule has 2 N–H and O–H groups in total. The maximum Gasteiger partial charge on any atom is 0.251 e. The van der Waals surface area contributed by atoms with Crippen LogP contribution >= 0.6 is 11.8 Å². The van der Waals surface area contributed by atoms with Crippen LogP contribution in [0.5, 0.6) is 11.5 Å². The van der Waals surface area contributed by atoms with Crippen LogP contribution in [0.3, 0.4) is 0 Å². The van der Waals surface area contributed by atoms with Gasteiger partial charge in [0.15, 0.2) is 11.5 Å². The number of carbonyl (C=O) groups excluding carboxylic acids is 2. The number of carbonyl (C=O) groups is 2. The molecule has 1 aromatic carbocycles. The average Bonchev–Trinajstić information content (AvgIpc) is 3.21. The number of methoxy groups -OCH3 is 2. The van der Waals surface area contributed by atoms with Crippen LogP contribution in [0.1, 0.15) is 22.3 Å². The third kappa shape index (κ3) is 4.95. The summed E-state index contributed by atoms with van der Waals surface area (Å²) in [6, 6.07) is 6.99. The standard InChI is InChI=1S/C20H23N3O4S/c1-26-17-10-14(20(25)22-15-5-7-28-12-15)9-16(19(17)27-2)23-18(24)8-13-4-3-6-21-11-13/h3-4,6,9-11,15H,5,7-8,12H2,1-2H3,(H,22,25)(H,23,24). The molecule has 1 aliphatic heterocycles. The molecule has 0 saturated carbocycles. The lowest BCUT2D eigenvalue weighted by Crippen LogP contribution is -2.34. The molecule has 2 amide bonds. The fourth-order valence-electron chi connectivity index (χ4n) is 2.99. The van der Waals surface area contributed by atoms with Crippen LogP contribution in [0, 0.1) is 0 Å². The smallest absolute Gasteiger partial charge is 0.251 e. The topological polar surface area (TPSA) is 89.6 Å². The number of hydrogen-bond acceptors (Lipinski definition) is 6. The maximum absolute atomic E-state index is 12.7. The summed E-state index contributed by atoms with van der Waals surface area (Å²) in [6.07, 6.45) is 4.41. The van der Waals surface area contributed by atoms with Gasteiger partial charge in [-0.15, -0.1) is 0 Å². The first kappa shape index (κ1) is 20.0. The molecule has 1 saturated heterocycles. The van der Waals surface area contributed by atoms with Gasteiger partial charge in [0.25, 0.3) is 5.91 Å². The first-order chi connectivity index (χ1) is 13.6. The molecule has 1 aliphatic rings. The van der Waals surface area contributed by atoms with Gasteiger partial charge < -0.3 is 20.1 Å². The van der Waals surface area contributed by atoms with E-state index >= 15 is 0 Å². The number of nitrogens with one attached hydrogen (secondary N) is 2. The number of anilines is 1. The summed E-state index contributed by atoms with van der Waals surface area (Å²) >= 11 is 1.82. The number of ether oxygens (including phenoxy) is 2. The number of amides is 2. The summed E-state index contributed by atoms with van der Waals surface area (Å²) < 4.78 is 10.8. The van der Waals surface area contributed by atoms with E-state index in [4.69, 9.17) is 9.47 Å². The first-order valence-corrected chi connectivity index (χ1v) is 10.1. The van der Waals surface area contributed by atoms with Gasteiger partial charge in [0, 0.05) is 29.8 Å². The molecule has 0 bridgehead atoms. The Kier molecular flexibility index (Phi) is 6.76. The predicted octanol–water partition coefficient (Wildman–Crippen LogP) is 2.52. The molecule has 1 fully saturated rings. The van der Waals surface area contributed by atoms with E-state index in [1.807, 2.05) is 17.8 Å². The van der Waals surface area contributed by atoms with Crippen LogP contribution in [0.25, 0.3) is 0 Å². The van der Waals surface area contributed by atoms with Crippen molar-refractivity contribution in [2.24, 2.45) is 0 Å². The molecule has 0 radical (unpaired) electrons. The molecule has 28 heavy (non-hydrogen) atoms. The molecule has 1 unspecified atom stereocenters. The van der Waals surface area contributed by atoms with Gasteiger partial charge in [-0.05, 0) is 35.9 Å². The van der Waals surface area contributed by atoms with Crippen molar-refractivity contribution >= 4 is 29.3 Å². The number of benzene rings is 1. The number of nitrogens with zero attached hydrogens (tertiary/aromatic N) is 1. The summed E-state index contributed by atoms with van der Waals surface area (Å²) in [5, 5.41) is 5.84. The Labute approximate surface area is 168 Å². The normalized spacial score (nSPS) is 15.7. The highest BCUT2D eigenvalue weighted by atomic mass is 32.2. The zero-order chi connectivity index (χ0) is 19.9. The predicted molar refractivity (Wildman–Crippen MR) is 109 cm³/mol. The molecule has 148 valence electrons. The van der Waals surface area contributed by atoms with Crippen molar-refractivity contribution in [3.05, 3.63) is 47.8 Å². The Hall–Kier alpha value is -2.74. The quantitative estimate of drug-likeness (QED) is 0.741. The van der Waals surface area contributed by atoms with Crippen LogP contribution < -0.4 is 20.1 Å². The van der Waals surface area contributed by atoms with Gasteiger partial charge in [-0.25, -0.2) is 0 Å².